The van der Waals surface area contributed by atoms with E-state index in [0.29, 0.717) is 16.9 Å². The largest absolute Gasteiger partial charge is 0.454 e. The summed E-state index contributed by atoms with van der Waals surface area (Å²) in [6, 6.07) is 8.79. The summed E-state index contributed by atoms with van der Waals surface area (Å²) in [4.78, 5) is 0. The molecule has 0 bridgehead atoms. The van der Waals surface area contributed by atoms with E-state index in [2.05, 4.69) is 0 Å². The van der Waals surface area contributed by atoms with E-state index in [1.54, 1.807) is 19.1 Å². The van der Waals surface area contributed by atoms with Crippen LogP contribution in [0.4, 0.5) is 8.78 Å². The first kappa shape index (κ1) is 12.8. The Morgan fingerprint density at radius 1 is 1.11 bits per heavy atom. The second-order valence-corrected chi connectivity index (χ2v) is 4.14. The number of hydrogen-bond donors (Lipinski definition) is 0. The molecule has 0 aliphatic carbocycles. The van der Waals surface area contributed by atoms with E-state index >= 15 is 0 Å². The Balaban J connectivity index is 2.36. The van der Waals surface area contributed by atoms with E-state index in [1.165, 1.54) is 24.3 Å². The van der Waals surface area contributed by atoms with Crippen LogP contribution in [0, 0.1) is 18.6 Å². The Kier molecular flexibility index (Phi) is 3.82. The normalized spacial score (nSPS) is 10.4. The van der Waals surface area contributed by atoms with Gasteiger partial charge in [0, 0.05) is 5.56 Å². The van der Waals surface area contributed by atoms with Crippen LogP contribution in [-0.2, 0) is 5.88 Å². The van der Waals surface area contributed by atoms with E-state index in [1.807, 2.05) is 0 Å². The Labute approximate surface area is 109 Å². The van der Waals surface area contributed by atoms with Crippen LogP contribution in [0.5, 0.6) is 11.5 Å². The van der Waals surface area contributed by atoms with Crippen molar-refractivity contribution < 1.29 is 13.5 Å². The molecule has 0 spiro atoms. The summed E-state index contributed by atoms with van der Waals surface area (Å²) in [6.45, 7) is 1.62. The highest BCUT2D eigenvalue weighted by atomic mass is 35.5. The third-order valence-electron chi connectivity index (χ3n) is 2.54. The third-order valence-corrected chi connectivity index (χ3v) is 2.83. The van der Waals surface area contributed by atoms with Crippen molar-refractivity contribution in [1.82, 2.24) is 0 Å². The summed E-state index contributed by atoms with van der Waals surface area (Å²) >= 11 is 5.72. The maximum Gasteiger partial charge on any atom is 0.167 e. The standard InChI is InChI=1S/C14H11ClF2O/c1-9-7-11(5-6-12(9)16)18-14-10(8-15)3-2-4-13(14)17/h2-7H,8H2,1H3. The predicted octanol–water partition coefficient (Wildman–Crippen LogP) is 4.80. The Bertz CT molecular complexity index is 570. The second kappa shape index (κ2) is 5.36. The molecule has 4 heteroatoms. The first-order chi connectivity index (χ1) is 8.61. The van der Waals surface area contributed by atoms with Gasteiger partial charge in [-0.1, -0.05) is 12.1 Å². The van der Waals surface area contributed by atoms with E-state index < -0.39 is 5.82 Å². The lowest BCUT2D eigenvalue weighted by Crippen LogP contribution is -1.94. The Morgan fingerprint density at radius 3 is 2.56 bits per heavy atom. The fourth-order valence-corrected chi connectivity index (χ4v) is 1.78. The highest BCUT2D eigenvalue weighted by Crippen LogP contribution is 2.30. The zero-order chi connectivity index (χ0) is 13.1. The van der Waals surface area contributed by atoms with Gasteiger partial charge >= 0.3 is 0 Å². The smallest absolute Gasteiger partial charge is 0.167 e. The van der Waals surface area contributed by atoms with Crippen molar-refractivity contribution in [2.45, 2.75) is 12.8 Å². The minimum absolute atomic E-state index is 0.0820. The van der Waals surface area contributed by atoms with Gasteiger partial charge in [0.15, 0.2) is 11.6 Å². The van der Waals surface area contributed by atoms with Crippen LogP contribution in [0.25, 0.3) is 0 Å². The number of benzene rings is 2. The molecule has 0 saturated heterocycles. The van der Waals surface area contributed by atoms with E-state index in [-0.39, 0.29) is 17.4 Å². The molecule has 0 N–H and O–H groups in total. The zero-order valence-corrected chi connectivity index (χ0v) is 10.5. The molecular weight excluding hydrogens is 258 g/mol. The molecule has 94 valence electrons. The van der Waals surface area contributed by atoms with Gasteiger partial charge in [-0.3, -0.25) is 0 Å². The number of alkyl halides is 1. The van der Waals surface area contributed by atoms with Gasteiger partial charge in [0.25, 0.3) is 0 Å². The molecule has 0 atom stereocenters. The second-order valence-electron chi connectivity index (χ2n) is 3.87. The summed E-state index contributed by atoms with van der Waals surface area (Å²) in [7, 11) is 0. The summed E-state index contributed by atoms with van der Waals surface area (Å²) in [5.41, 5.74) is 0.995. The first-order valence-electron chi connectivity index (χ1n) is 5.39. The minimum atomic E-state index is -0.491. The van der Waals surface area contributed by atoms with Crippen LogP contribution in [0.3, 0.4) is 0 Å². The molecule has 1 nitrogen and oxygen atoms in total. The number of para-hydroxylation sites is 1. The number of ether oxygens (including phenoxy) is 1. The van der Waals surface area contributed by atoms with Crippen LogP contribution in [0.15, 0.2) is 36.4 Å². The van der Waals surface area contributed by atoms with Crippen molar-refractivity contribution in [2.75, 3.05) is 0 Å². The van der Waals surface area contributed by atoms with Crippen molar-refractivity contribution in [3.8, 4) is 11.5 Å². The lowest BCUT2D eigenvalue weighted by Gasteiger charge is -2.11. The van der Waals surface area contributed by atoms with Gasteiger partial charge in [-0.15, -0.1) is 11.6 Å². The maximum atomic E-state index is 13.6. The quantitative estimate of drug-likeness (QED) is 0.726. The fraction of sp³-hybridized carbons (Fsp3) is 0.143. The molecule has 0 fully saturated rings. The third kappa shape index (κ3) is 2.62. The fourth-order valence-electron chi connectivity index (χ4n) is 1.57. The van der Waals surface area contributed by atoms with Crippen LogP contribution in [0.2, 0.25) is 0 Å². The Morgan fingerprint density at radius 2 is 1.89 bits per heavy atom. The highest BCUT2D eigenvalue weighted by Gasteiger charge is 2.10. The summed E-state index contributed by atoms with van der Waals surface area (Å²) < 4.78 is 32.2. The molecule has 0 saturated carbocycles. The number of halogens is 3. The average Bonchev–Trinajstić information content (AvgIpc) is 2.36. The molecular formula is C14H11ClF2O. The minimum Gasteiger partial charge on any atom is -0.454 e. The summed E-state index contributed by atoms with van der Waals surface area (Å²) in [5, 5.41) is 0. The van der Waals surface area contributed by atoms with E-state index in [9.17, 15) is 8.78 Å². The maximum absolute atomic E-state index is 13.6. The average molecular weight is 269 g/mol. The van der Waals surface area contributed by atoms with Crippen molar-refractivity contribution in [3.05, 3.63) is 59.2 Å². The summed E-state index contributed by atoms with van der Waals surface area (Å²) in [5.74, 6) is -0.208. The molecule has 0 aromatic heterocycles. The van der Waals surface area contributed by atoms with Gasteiger partial charge in [0.05, 0.1) is 5.88 Å². The van der Waals surface area contributed by atoms with Crippen molar-refractivity contribution in [3.63, 3.8) is 0 Å². The van der Waals surface area contributed by atoms with Gasteiger partial charge in [-0.05, 0) is 36.8 Å². The van der Waals surface area contributed by atoms with Gasteiger partial charge in [-0.25, -0.2) is 8.78 Å². The predicted molar refractivity (Wildman–Crippen MR) is 67.2 cm³/mol. The molecule has 2 rings (SSSR count). The topological polar surface area (TPSA) is 9.23 Å². The van der Waals surface area contributed by atoms with E-state index in [0.717, 1.165) is 0 Å². The molecule has 0 heterocycles. The van der Waals surface area contributed by atoms with Crippen molar-refractivity contribution in [1.29, 1.82) is 0 Å². The number of aryl methyl sites for hydroxylation is 1. The highest BCUT2D eigenvalue weighted by molar-refractivity contribution is 6.17. The van der Waals surface area contributed by atoms with Crippen molar-refractivity contribution in [2.24, 2.45) is 0 Å². The molecule has 0 amide bonds. The van der Waals surface area contributed by atoms with Gasteiger partial charge in [0.1, 0.15) is 11.6 Å². The number of hydrogen-bond acceptors (Lipinski definition) is 1. The molecule has 2 aromatic rings. The zero-order valence-electron chi connectivity index (χ0n) is 9.71. The monoisotopic (exact) mass is 268 g/mol. The lowest BCUT2D eigenvalue weighted by molar-refractivity contribution is 0.436. The van der Waals surface area contributed by atoms with Crippen LogP contribution >= 0.6 is 11.6 Å². The molecule has 0 radical (unpaired) electrons. The van der Waals surface area contributed by atoms with Crippen molar-refractivity contribution >= 4 is 11.6 Å². The van der Waals surface area contributed by atoms with Gasteiger partial charge in [0.2, 0.25) is 0 Å². The van der Waals surface area contributed by atoms with E-state index in [4.69, 9.17) is 16.3 Å². The Hall–Kier alpha value is -1.61. The molecule has 0 unspecified atom stereocenters. The van der Waals surface area contributed by atoms with Crippen LogP contribution < -0.4 is 4.74 Å². The molecule has 0 aliphatic rings. The van der Waals surface area contributed by atoms with Crippen LogP contribution in [-0.4, -0.2) is 0 Å². The molecule has 18 heavy (non-hydrogen) atoms. The van der Waals surface area contributed by atoms with Crippen LogP contribution in [0.1, 0.15) is 11.1 Å². The molecule has 0 aliphatic heterocycles. The summed E-state index contributed by atoms with van der Waals surface area (Å²) in [6.07, 6.45) is 0. The number of rotatable bonds is 3. The first-order valence-corrected chi connectivity index (χ1v) is 5.92. The van der Waals surface area contributed by atoms with Gasteiger partial charge < -0.3 is 4.74 Å². The lowest BCUT2D eigenvalue weighted by atomic mass is 10.2. The molecule has 2 aromatic carbocycles. The SMILES string of the molecule is Cc1cc(Oc2c(F)cccc2CCl)ccc1F. The van der Waals surface area contributed by atoms with Gasteiger partial charge in [-0.2, -0.15) is 0 Å².